The molecule has 1 aromatic rings. The molecule has 0 aliphatic heterocycles. The molecule has 0 heterocycles. The first-order valence-electron chi connectivity index (χ1n) is 9.31. The Morgan fingerprint density at radius 2 is 1.20 bits per heavy atom. The Labute approximate surface area is 199 Å². The first kappa shape index (κ1) is 26.2. The Morgan fingerprint density at radius 3 is 1.52 bits per heavy atom. The van der Waals surface area contributed by atoms with Crippen LogP contribution in [0.4, 0.5) is 0 Å². The van der Waals surface area contributed by atoms with Gasteiger partial charge in [0.15, 0.2) is 0 Å². The van der Waals surface area contributed by atoms with Gasteiger partial charge < -0.3 is 4.55 Å². The van der Waals surface area contributed by atoms with Crippen LogP contribution in [0, 0.1) is 0 Å². The van der Waals surface area contributed by atoms with Gasteiger partial charge in [0.1, 0.15) is 10.1 Å². The molecule has 0 unspecified atom stereocenters. The Kier molecular flexibility index (Phi) is 11.2. The van der Waals surface area contributed by atoms with Gasteiger partial charge in [-0.1, -0.05) is 95.1 Å². The second-order valence-electron chi connectivity index (χ2n) is 6.85. The van der Waals surface area contributed by atoms with Gasteiger partial charge in [-0.25, -0.2) is 8.42 Å². The quantitative estimate of drug-likeness (QED) is 0.439. The average Bonchev–Trinajstić information content (AvgIpc) is 2.59. The molecular weight excluding hydrogens is 392 g/mol. The fourth-order valence-corrected chi connectivity index (χ4v) is 13.2. The van der Waals surface area contributed by atoms with E-state index in [1.165, 1.54) is 0 Å². The first-order chi connectivity index (χ1) is 11.2. The minimum Gasteiger partial charge on any atom is -0.744 e. The van der Waals surface area contributed by atoms with Crippen molar-refractivity contribution in [3.05, 3.63) is 18.2 Å². The third-order valence-electron chi connectivity index (χ3n) is 6.50. The van der Waals surface area contributed by atoms with Gasteiger partial charge in [0.2, 0.25) is 0 Å². The van der Waals surface area contributed by atoms with Gasteiger partial charge in [-0.15, -0.1) is 0 Å². The Balaban J connectivity index is 0.00000576. The molecule has 0 aliphatic carbocycles. The van der Waals surface area contributed by atoms with Crippen LogP contribution in [0.25, 0.3) is 0 Å². The van der Waals surface area contributed by atoms with Gasteiger partial charge in [-0.3, -0.25) is 0 Å². The fourth-order valence-electron chi connectivity index (χ4n) is 4.18. The van der Waals surface area contributed by atoms with E-state index in [4.69, 9.17) is 0 Å². The summed E-state index contributed by atoms with van der Waals surface area (Å²) < 4.78 is 36.2. The average molecular weight is 425 g/mol. The van der Waals surface area contributed by atoms with E-state index >= 15 is 0 Å². The van der Waals surface area contributed by atoms with Crippen molar-refractivity contribution >= 4 is 36.6 Å². The van der Waals surface area contributed by atoms with Gasteiger partial charge >= 0.3 is 51.4 Å². The van der Waals surface area contributed by atoms with Crippen LogP contribution in [-0.4, -0.2) is 29.1 Å². The minimum absolute atomic E-state index is 0. The van der Waals surface area contributed by atoms with Crippen LogP contribution in [0.15, 0.2) is 23.1 Å². The molecule has 138 valence electrons. The van der Waals surface area contributed by atoms with Crippen molar-refractivity contribution in [2.75, 3.05) is 0 Å². The fraction of sp³-hybridized carbons (Fsp3) is 0.667. The molecule has 1 rings (SSSR count). The van der Waals surface area contributed by atoms with Crippen molar-refractivity contribution in [1.82, 2.24) is 0 Å². The van der Waals surface area contributed by atoms with Crippen molar-refractivity contribution in [3.63, 3.8) is 0 Å². The summed E-state index contributed by atoms with van der Waals surface area (Å²) in [5.74, 6) is 0. The number of hydrogen-bond acceptors (Lipinski definition) is 3. The van der Waals surface area contributed by atoms with E-state index in [0.29, 0.717) is 0 Å². The number of rotatable bonds is 9. The molecule has 0 fully saturated rings. The van der Waals surface area contributed by atoms with E-state index < -0.39 is 26.3 Å². The molecular formula is C18H33KO3SSi2. The second-order valence-corrected chi connectivity index (χ2v) is 18.7. The van der Waals surface area contributed by atoms with E-state index in [1.807, 2.05) is 6.07 Å². The third kappa shape index (κ3) is 5.38. The van der Waals surface area contributed by atoms with Crippen LogP contribution in [0.2, 0.25) is 36.3 Å². The van der Waals surface area contributed by atoms with Crippen LogP contribution < -0.4 is 61.8 Å². The zero-order valence-corrected chi connectivity index (χ0v) is 23.0. The summed E-state index contributed by atoms with van der Waals surface area (Å²) in [7, 11) is -8.08. The van der Waals surface area contributed by atoms with Crippen LogP contribution in [0.3, 0.4) is 0 Å². The predicted molar refractivity (Wildman–Crippen MR) is 108 cm³/mol. The van der Waals surface area contributed by atoms with Crippen LogP contribution in [-0.2, 0) is 10.1 Å². The normalized spacial score (nSPS) is 12.8. The minimum atomic E-state index is -4.45. The smallest absolute Gasteiger partial charge is 0.744 e. The molecule has 0 saturated heterocycles. The summed E-state index contributed by atoms with van der Waals surface area (Å²) in [6.45, 7) is 13.0. The van der Waals surface area contributed by atoms with Gasteiger partial charge in [-0.2, -0.15) is 0 Å². The van der Waals surface area contributed by atoms with E-state index in [0.717, 1.165) is 46.6 Å². The molecule has 0 N–H and O–H groups in total. The zero-order chi connectivity index (χ0) is 18.6. The number of benzene rings is 1. The van der Waals surface area contributed by atoms with Gasteiger partial charge in [0, 0.05) is 0 Å². The van der Waals surface area contributed by atoms with Gasteiger partial charge in [0.25, 0.3) is 0 Å². The molecule has 1 aromatic carbocycles. The Bertz CT molecular complexity index is 638. The van der Waals surface area contributed by atoms with Crippen molar-refractivity contribution in [2.45, 2.75) is 82.7 Å². The Hall–Kier alpha value is 1.20. The molecule has 0 aromatic heterocycles. The summed E-state index contributed by atoms with van der Waals surface area (Å²) in [5.41, 5.74) is 0. The van der Waals surface area contributed by atoms with Gasteiger partial charge in [0.05, 0.1) is 21.0 Å². The maximum absolute atomic E-state index is 12.1. The molecule has 0 radical (unpaired) electrons. The number of hydrogen-bond donors (Lipinski definition) is 0. The molecule has 0 bridgehead atoms. The molecule has 3 nitrogen and oxygen atoms in total. The van der Waals surface area contributed by atoms with Crippen molar-refractivity contribution in [3.8, 4) is 0 Å². The summed E-state index contributed by atoms with van der Waals surface area (Å²) >= 11 is 0. The van der Waals surface area contributed by atoms with Crippen LogP contribution >= 0.6 is 0 Å². The van der Waals surface area contributed by atoms with E-state index in [2.05, 4.69) is 47.6 Å². The van der Waals surface area contributed by atoms with Crippen LogP contribution in [0.5, 0.6) is 0 Å². The SMILES string of the molecule is CC[Si](CC)(CC)c1ccc([Si](CC)(CC)CC)c(S(=O)(=O)[O-])c1.[K+]. The van der Waals surface area contributed by atoms with E-state index in [9.17, 15) is 13.0 Å². The van der Waals surface area contributed by atoms with Gasteiger partial charge in [-0.05, 0) is 11.3 Å². The summed E-state index contributed by atoms with van der Waals surface area (Å²) in [6, 6.07) is 12.1. The first-order valence-corrected chi connectivity index (χ1v) is 16.0. The summed E-state index contributed by atoms with van der Waals surface area (Å²) in [6.07, 6.45) is 0. The van der Waals surface area contributed by atoms with E-state index in [1.54, 1.807) is 6.07 Å². The molecule has 0 amide bonds. The summed E-state index contributed by atoms with van der Waals surface area (Å²) in [5, 5.41) is 2.00. The third-order valence-corrected chi connectivity index (χ3v) is 18.8. The summed E-state index contributed by atoms with van der Waals surface area (Å²) in [4.78, 5) is 0.0874. The predicted octanol–water partition coefficient (Wildman–Crippen LogP) is 1.03. The molecule has 25 heavy (non-hydrogen) atoms. The van der Waals surface area contributed by atoms with Crippen molar-refractivity contribution in [1.29, 1.82) is 0 Å². The van der Waals surface area contributed by atoms with Crippen molar-refractivity contribution < 1.29 is 64.4 Å². The monoisotopic (exact) mass is 424 g/mol. The maximum Gasteiger partial charge on any atom is 1.00 e. The van der Waals surface area contributed by atoms with E-state index in [-0.39, 0.29) is 56.3 Å². The molecule has 0 aliphatic rings. The maximum atomic E-state index is 12.1. The topological polar surface area (TPSA) is 57.2 Å². The molecule has 0 spiro atoms. The molecule has 0 saturated carbocycles. The molecule has 0 atom stereocenters. The largest absolute Gasteiger partial charge is 1.00 e. The Morgan fingerprint density at radius 1 is 0.800 bits per heavy atom. The standard InChI is InChI=1S/C18H34O3SSi2.K/c1-7-23(8-2,9-3)16-13-14-18(17(15-16)22(19,20)21)24(10-4,11-5)12-6;/h13-15H,7-12H2,1-6H3,(H,19,20,21);/q;+1/p-1. The molecule has 7 heteroatoms. The van der Waals surface area contributed by atoms with Crippen LogP contribution in [0.1, 0.15) is 41.5 Å². The second kappa shape index (κ2) is 10.7. The van der Waals surface area contributed by atoms with Crippen molar-refractivity contribution in [2.24, 2.45) is 0 Å². The zero-order valence-electron chi connectivity index (χ0n) is 17.1.